The van der Waals surface area contributed by atoms with Crippen LogP contribution in [0, 0.1) is 43.0 Å². The van der Waals surface area contributed by atoms with Crippen LogP contribution in [0.5, 0.6) is 0 Å². The molecular formula is C33H32BrF4N3O4S2. The van der Waals surface area contributed by atoms with E-state index in [0.717, 1.165) is 49.9 Å². The van der Waals surface area contributed by atoms with E-state index in [2.05, 4.69) is 20.8 Å². The number of piperidine rings is 3. The van der Waals surface area contributed by atoms with Crippen molar-refractivity contribution in [3.8, 4) is 0 Å². The maximum Gasteiger partial charge on any atom is 0.415 e. The van der Waals surface area contributed by atoms with E-state index in [1.54, 1.807) is 19.1 Å². The number of fused-ring (bicyclic) bond motifs is 3. The molecule has 3 aliphatic heterocycles. The Bertz CT molecular complexity index is 1740. The molecule has 2 bridgehead atoms. The van der Waals surface area contributed by atoms with E-state index in [0.29, 0.717) is 29.9 Å². The van der Waals surface area contributed by atoms with Gasteiger partial charge >= 0.3 is 12.2 Å². The van der Waals surface area contributed by atoms with Crippen molar-refractivity contribution in [2.45, 2.75) is 45.9 Å². The van der Waals surface area contributed by atoms with Crippen LogP contribution in [-0.2, 0) is 17.8 Å². The topological polar surface area (TPSA) is 73.3 Å². The van der Waals surface area contributed by atoms with Crippen LogP contribution in [0.1, 0.15) is 33.7 Å². The lowest BCUT2D eigenvalue weighted by Crippen LogP contribution is -2.53. The van der Waals surface area contributed by atoms with Crippen molar-refractivity contribution in [1.29, 1.82) is 0 Å². The molecular weight excluding hydrogens is 722 g/mol. The molecule has 0 unspecified atom stereocenters. The number of benzene rings is 2. The first-order valence-corrected chi connectivity index (χ1v) is 17.3. The van der Waals surface area contributed by atoms with Gasteiger partial charge in [0.2, 0.25) is 0 Å². The lowest BCUT2D eigenvalue weighted by Gasteiger charge is -2.44. The molecule has 3 fully saturated rings. The molecule has 3 aliphatic rings. The fourth-order valence-corrected chi connectivity index (χ4v) is 8.05. The molecule has 4 aromatic rings. The van der Waals surface area contributed by atoms with Gasteiger partial charge in [0.05, 0.1) is 28.3 Å². The summed E-state index contributed by atoms with van der Waals surface area (Å²) in [5.41, 5.74) is 1.85. The second kappa shape index (κ2) is 15.2. The number of hydrogen-bond donors (Lipinski definition) is 1. The van der Waals surface area contributed by atoms with Gasteiger partial charge in [-0.3, -0.25) is 14.7 Å². The number of aryl methyl sites for hydroxylation is 2. The van der Waals surface area contributed by atoms with Crippen molar-refractivity contribution in [3.63, 3.8) is 0 Å². The highest BCUT2D eigenvalue weighted by Crippen LogP contribution is 2.33. The van der Waals surface area contributed by atoms with E-state index in [1.807, 2.05) is 18.4 Å². The Morgan fingerprint density at radius 3 is 2.21 bits per heavy atom. The normalized spacial score (nSPS) is 18.3. The Kier molecular flexibility index (Phi) is 11.3. The average Bonchev–Trinajstić information content (AvgIpc) is 3.64. The Morgan fingerprint density at radius 2 is 1.64 bits per heavy atom. The summed E-state index contributed by atoms with van der Waals surface area (Å²) in [5, 5.41) is 11.3. The minimum atomic E-state index is -1.30. The predicted molar refractivity (Wildman–Crippen MR) is 178 cm³/mol. The molecule has 3 saturated heterocycles. The zero-order valence-electron chi connectivity index (χ0n) is 25.5. The molecule has 1 N–H and O–H groups in total. The van der Waals surface area contributed by atoms with Crippen LogP contribution in [0.3, 0.4) is 0 Å². The predicted octanol–water partition coefficient (Wildman–Crippen LogP) is 9.35. The van der Waals surface area contributed by atoms with Crippen molar-refractivity contribution < 1.29 is 37.0 Å². The number of rotatable bonds is 7. The Balaban J connectivity index is 0.000000199. The highest BCUT2D eigenvalue weighted by atomic mass is 79.9. The van der Waals surface area contributed by atoms with Gasteiger partial charge in [0.15, 0.2) is 11.6 Å². The van der Waals surface area contributed by atoms with Gasteiger partial charge in [0, 0.05) is 28.4 Å². The summed E-state index contributed by atoms with van der Waals surface area (Å²) in [6, 6.07) is 10.8. The first-order valence-electron chi connectivity index (χ1n) is 14.8. The Morgan fingerprint density at radius 1 is 0.915 bits per heavy atom. The largest absolute Gasteiger partial charge is 0.465 e. The average molecular weight is 755 g/mol. The first kappa shape index (κ1) is 34.9. The number of thiophene rings is 2. The standard InChI is InChI=1S/C19H18BrF3N2O2S.C14H14FNO2S/c20-18-2-1-12(28-18)9-25(16-8-14(22)13(21)7-15(16)23)19(26)27-17-10-24-5-3-11(17)4-6-24;1-9-5-6-19-13(9)8-16(14(17)18)12-4-3-11(15)7-10(12)2/h1-2,7-8,11,17H,3-6,9-10H2;3-7H,8H2,1-2H3,(H,17,18)/t17-;/m0./s1. The SMILES string of the molecule is Cc1cc(F)ccc1N(Cc1sccc1C)C(=O)O.O=C(O[C@H]1CN2CCC1CC2)N(Cc1ccc(Br)s1)c1cc(F)c(F)cc1F. The van der Waals surface area contributed by atoms with Crippen LogP contribution in [-0.4, -0.2) is 47.9 Å². The first-order chi connectivity index (χ1) is 22.4. The van der Waals surface area contributed by atoms with Crippen LogP contribution in [0.25, 0.3) is 0 Å². The van der Waals surface area contributed by atoms with E-state index in [4.69, 9.17) is 4.74 Å². The molecule has 0 aliphatic carbocycles. The highest BCUT2D eigenvalue weighted by molar-refractivity contribution is 9.11. The van der Waals surface area contributed by atoms with E-state index in [9.17, 15) is 32.3 Å². The molecule has 7 rings (SSSR count). The fourth-order valence-electron chi connectivity index (χ4n) is 5.68. The van der Waals surface area contributed by atoms with Crippen LogP contribution in [0.15, 0.2) is 57.7 Å². The molecule has 2 aromatic carbocycles. The highest BCUT2D eigenvalue weighted by Gasteiger charge is 2.38. The zero-order valence-corrected chi connectivity index (χ0v) is 28.7. The van der Waals surface area contributed by atoms with Gasteiger partial charge < -0.3 is 9.84 Å². The lowest BCUT2D eigenvalue weighted by atomic mass is 9.86. The molecule has 2 amide bonds. The summed E-state index contributed by atoms with van der Waals surface area (Å²) >= 11 is 6.24. The van der Waals surface area contributed by atoms with Gasteiger partial charge in [-0.15, -0.1) is 22.7 Å². The summed E-state index contributed by atoms with van der Waals surface area (Å²) in [6.07, 6.45) is -0.165. The van der Waals surface area contributed by atoms with Crippen LogP contribution in [0.2, 0.25) is 0 Å². The number of ether oxygens (including phenoxy) is 1. The summed E-state index contributed by atoms with van der Waals surface area (Å²) in [5.74, 6) is -3.61. The molecule has 250 valence electrons. The molecule has 1 atom stereocenters. The quantitative estimate of drug-likeness (QED) is 0.151. The van der Waals surface area contributed by atoms with E-state index in [-0.39, 0.29) is 36.6 Å². The molecule has 0 saturated carbocycles. The van der Waals surface area contributed by atoms with E-state index < -0.39 is 29.6 Å². The Labute approximate surface area is 286 Å². The molecule has 0 radical (unpaired) electrons. The molecule has 2 aromatic heterocycles. The third-order valence-electron chi connectivity index (χ3n) is 8.24. The lowest BCUT2D eigenvalue weighted by molar-refractivity contribution is -0.0311. The molecule has 0 spiro atoms. The van der Waals surface area contributed by atoms with Gasteiger partial charge in [0.25, 0.3) is 0 Å². The smallest absolute Gasteiger partial charge is 0.415 e. The summed E-state index contributed by atoms with van der Waals surface area (Å²) in [6.45, 7) is 6.56. The number of carboxylic acid groups (broad SMARTS) is 1. The minimum Gasteiger partial charge on any atom is -0.465 e. The number of hydrogen-bond acceptors (Lipinski definition) is 6. The van der Waals surface area contributed by atoms with Gasteiger partial charge in [0.1, 0.15) is 17.7 Å². The van der Waals surface area contributed by atoms with Crippen LogP contribution >= 0.6 is 38.6 Å². The molecule has 47 heavy (non-hydrogen) atoms. The summed E-state index contributed by atoms with van der Waals surface area (Å²) in [4.78, 5) is 30.6. The fraction of sp³-hybridized carbons (Fsp3) is 0.333. The molecule has 7 nitrogen and oxygen atoms in total. The third kappa shape index (κ3) is 8.53. The number of anilines is 2. The maximum atomic E-state index is 14.4. The zero-order chi connectivity index (χ0) is 33.8. The van der Waals surface area contributed by atoms with Crippen molar-refractivity contribution in [3.05, 3.63) is 102 Å². The van der Waals surface area contributed by atoms with Crippen molar-refractivity contribution in [1.82, 2.24) is 4.90 Å². The van der Waals surface area contributed by atoms with Gasteiger partial charge in [-0.1, -0.05) is 0 Å². The van der Waals surface area contributed by atoms with Gasteiger partial charge in [-0.25, -0.2) is 27.2 Å². The van der Waals surface area contributed by atoms with Crippen molar-refractivity contribution in [2.24, 2.45) is 5.92 Å². The van der Waals surface area contributed by atoms with Crippen molar-refractivity contribution >= 4 is 62.2 Å². The molecule has 14 heteroatoms. The van der Waals surface area contributed by atoms with Crippen molar-refractivity contribution in [2.75, 3.05) is 29.4 Å². The molecule has 5 heterocycles. The second-order valence-electron chi connectivity index (χ2n) is 11.4. The van der Waals surface area contributed by atoms with Gasteiger partial charge in [-0.05, 0) is 115 Å². The number of carbonyl (C=O) groups is 2. The van der Waals surface area contributed by atoms with Crippen LogP contribution in [0.4, 0.5) is 38.5 Å². The summed E-state index contributed by atoms with van der Waals surface area (Å²) in [7, 11) is 0. The van der Waals surface area contributed by atoms with Gasteiger partial charge in [-0.2, -0.15) is 0 Å². The minimum absolute atomic E-state index is 0.00179. The van der Waals surface area contributed by atoms with E-state index in [1.165, 1.54) is 45.8 Å². The summed E-state index contributed by atoms with van der Waals surface area (Å²) < 4.78 is 61.2. The second-order valence-corrected chi connectivity index (χ2v) is 14.9. The number of halogens is 5. The number of nitrogens with zero attached hydrogens (tertiary/aromatic N) is 3. The monoisotopic (exact) mass is 753 g/mol. The Hall–Kier alpha value is -3.46. The van der Waals surface area contributed by atoms with Crippen LogP contribution < -0.4 is 9.80 Å². The number of carbonyl (C=O) groups excluding carboxylic acids is 1. The number of amides is 2. The third-order valence-corrected chi connectivity index (χ3v) is 10.9. The maximum absolute atomic E-state index is 14.4. The van der Waals surface area contributed by atoms with E-state index >= 15 is 0 Å².